The number of hydrogen-bond acceptors (Lipinski definition) is 2. The van der Waals surface area contributed by atoms with Gasteiger partial charge in [-0.15, -0.1) is 11.3 Å². The van der Waals surface area contributed by atoms with Crippen molar-refractivity contribution in [2.24, 2.45) is 0 Å². The predicted octanol–water partition coefficient (Wildman–Crippen LogP) is 3.70. The molecule has 0 bridgehead atoms. The Morgan fingerprint density at radius 1 is 1.25 bits per heavy atom. The molecule has 84 valence electrons. The molecule has 0 aliphatic carbocycles. The quantitative estimate of drug-likeness (QED) is 0.855. The first-order valence-electron chi connectivity index (χ1n) is 5.54. The van der Waals surface area contributed by atoms with E-state index in [2.05, 4.69) is 13.0 Å². The molecule has 0 spiro atoms. The van der Waals surface area contributed by atoms with E-state index in [1.54, 1.807) is 11.3 Å². The molecule has 16 heavy (non-hydrogen) atoms. The van der Waals surface area contributed by atoms with Crippen molar-refractivity contribution in [2.45, 2.75) is 26.4 Å². The van der Waals surface area contributed by atoms with Gasteiger partial charge >= 0.3 is 0 Å². The van der Waals surface area contributed by atoms with Gasteiger partial charge in [0.15, 0.2) is 0 Å². The zero-order valence-corrected chi connectivity index (χ0v) is 10.4. The zero-order chi connectivity index (χ0) is 11.5. The Balaban J connectivity index is 2.27. The van der Waals surface area contributed by atoms with Crippen molar-refractivity contribution in [3.05, 3.63) is 57.3 Å². The van der Waals surface area contributed by atoms with Crippen molar-refractivity contribution in [3.8, 4) is 0 Å². The van der Waals surface area contributed by atoms with E-state index in [-0.39, 0.29) is 0 Å². The maximum absolute atomic E-state index is 10.2. The highest BCUT2D eigenvalue weighted by Gasteiger charge is 2.12. The lowest BCUT2D eigenvalue weighted by Crippen LogP contribution is -1.96. The molecule has 0 saturated carbocycles. The lowest BCUT2D eigenvalue weighted by molar-refractivity contribution is 0.224. The van der Waals surface area contributed by atoms with Crippen LogP contribution in [0.15, 0.2) is 36.4 Å². The van der Waals surface area contributed by atoms with Crippen molar-refractivity contribution < 1.29 is 5.11 Å². The van der Waals surface area contributed by atoms with Gasteiger partial charge in [0.25, 0.3) is 0 Å². The molecule has 2 rings (SSSR count). The normalized spacial score (nSPS) is 12.7. The van der Waals surface area contributed by atoms with E-state index in [9.17, 15) is 5.11 Å². The minimum absolute atomic E-state index is 0.481. The standard InChI is InChI=1S/C14H16OS/c1-3-12-7-8-13(16-12)14(15)11-6-4-5-10(2)9-11/h4-9,14-15H,3H2,1-2H3. The molecule has 1 aromatic carbocycles. The summed E-state index contributed by atoms with van der Waals surface area (Å²) in [6, 6.07) is 12.2. The molecule has 0 saturated heterocycles. The van der Waals surface area contributed by atoms with Crippen LogP contribution in [-0.2, 0) is 6.42 Å². The van der Waals surface area contributed by atoms with Gasteiger partial charge in [0.05, 0.1) is 0 Å². The smallest absolute Gasteiger partial charge is 0.113 e. The summed E-state index contributed by atoms with van der Waals surface area (Å²) in [6.45, 7) is 4.18. The van der Waals surface area contributed by atoms with Crippen molar-refractivity contribution >= 4 is 11.3 Å². The number of aliphatic hydroxyl groups excluding tert-OH is 1. The number of thiophene rings is 1. The number of rotatable bonds is 3. The molecule has 1 aromatic heterocycles. The number of aliphatic hydroxyl groups is 1. The Morgan fingerprint density at radius 2 is 2.06 bits per heavy atom. The van der Waals surface area contributed by atoms with Crippen LogP contribution in [0.5, 0.6) is 0 Å². The summed E-state index contributed by atoms with van der Waals surface area (Å²) >= 11 is 1.69. The molecular formula is C14H16OS. The van der Waals surface area contributed by atoms with Gasteiger partial charge in [-0.3, -0.25) is 0 Å². The summed E-state index contributed by atoms with van der Waals surface area (Å²) < 4.78 is 0. The summed E-state index contributed by atoms with van der Waals surface area (Å²) in [6.07, 6.45) is 0.552. The van der Waals surface area contributed by atoms with Crippen LogP contribution in [0.4, 0.5) is 0 Å². The van der Waals surface area contributed by atoms with Gasteiger partial charge in [0.1, 0.15) is 6.10 Å². The van der Waals surface area contributed by atoms with Crippen LogP contribution in [0.3, 0.4) is 0 Å². The molecule has 0 radical (unpaired) electrons. The second-order valence-corrected chi connectivity index (χ2v) is 5.17. The Kier molecular flexibility index (Phi) is 3.42. The third-order valence-electron chi connectivity index (χ3n) is 2.66. The molecule has 2 heteroatoms. The second kappa shape index (κ2) is 4.81. The van der Waals surface area contributed by atoms with Gasteiger partial charge in [0.2, 0.25) is 0 Å². The van der Waals surface area contributed by atoms with Crippen LogP contribution in [0.1, 0.15) is 33.9 Å². The van der Waals surface area contributed by atoms with E-state index in [0.29, 0.717) is 0 Å². The van der Waals surface area contributed by atoms with E-state index in [0.717, 1.165) is 16.9 Å². The molecule has 0 amide bonds. The van der Waals surface area contributed by atoms with Crippen molar-refractivity contribution in [1.82, 2.24) is 0 Å². The van der Waals surface area contributed by atoms with E-state index in [4.69, 9.17) is 0 Å². The molecule has 0 aliphatic rings. The second-order valence-electron chi connectivity index (χ2n) is 3.97. The summed E-state index contributed by atoms with van der Waals surface area (Å²) in [4.78, 5) is 2.35. The number of benzene rings is 1. The zero-order valence-electron chi connectivity index (χ0n) is 9.60. The first-order chi connectivity index (χ1) is 7.70. The van der Waals surface area contributed by atoms with Gasteiger partial charge in [-0.05, 0) is 31.0 Å². The molecule has 1 atom stereocenters. The van der Waals surface area contributed by atoms with Gasteiger partial charge in [-0.25, -0.2) is 0 Å². The van der Waals surface area contributed by atoms with Crippen LogP contribution >= 0.6 is 11.3 Å². The van der Waals surface area contributed by atoms with Crippen molar-refractivity contribution in [3.63, 3.8) is 0 Å². The average Bonchev–Trinajstić information content (AvgIpc) is 2.76. The van der Waals surface area contributed by atoms with E-state index < -0.39 is 6.10 Å². The van der Waals surface area contributed by atoms with Crippen LogP contribution in [-0.4, -0.2) is 5.11 Å². The minimum atomic E-state index is -0.481. The van der Waals surface area contributed by atoms with Crippen LogP contribution in [0.25, 0.3) is 0 Å². The molecule has 1 unspecified atom stereocenters. The largest absolute Gasteiger partial charge is 0.383 e. The number of aryl methyl sites for hydroxylation is 2. The first kappa shape index (κ1) is 11.4. The van der Waals surface area contributed by atoms with E-state index in [1.807, 2.05) is 37.3 Å². The fourth-order valence-electron chi connectivity index (χ4n) is 1.74. The van der Waals surface area contributed by atoms with Crippen LogP contribution in [0.2, 0.25) is 0 Å². The minimum Gasteiger partial charge on any atom is -0.383 e. The average molecular weight is 232 g/mol. The van der Waals surface area contributed by atoms with Gasteiger partial charge in [-0.1, -0.05) is 36.8 Å². The van der Waals surface area contributed by atoms with E-state index in [1.165, 1.54) is 10.4 Å². The fourth-order valence-corrected chi connectivity index (χ4v) is 2.70. The van der Waals surface area contributed by atoms with Gasteiger partial charge in [-0.2, -0.15) is 0 Å². The Morgan fingerprint density at radius 3 is 2.69 bits per heavy atom. The Labute approximate surface area is 100 Å². The Bertz CT molecular complexity index is 473. The third-order valence-corrected chi connectivity index (χ3v) is 3.94. The topological polar surface area (TPSA) is 20.2 Å². The molecule has 1 nitrogen and oxygen atoms in total. The lowest BCUT2D eigenvalue weighted by Gasteiger charge is -2.09. The predicted molar refractivity (Wildman–Crippen MR) is 68.9 cm³/mol. The first-order valence-corrected chi connectivity index (χ1v) is 6.35. The molecular weight excluding hydrogens is 216 g/mol. The Hall–Kier alpha value is -1.12. The fraction of sp³-hybridized carbons (Fsp3) is 0.286. The molecule has 0 aliphatic heterocycles. The lowest BCUT2D eigenvalue weighted by atomic mass is 10.1. The summed E-state index contributed by atoms with van der Waals surface area (Å²) in [7, 11) is 0. The molecule has 2 aromatic rings. The highest BCUT2D eigenvalue weighted by atomic mass is 32.1. The summed E-state index contributed by atoms with van der Waals surface area (Å²) in [5.74, 6) is 0. The monoisotopic (exact) mass is 232 g/mol. The SMILES string of the molecule is CCc1ccc(C(O)c2cccc(C)c2)s1. The highest BCUT2D eigenvalue weighted by Crippen LogP contribution is 2.28. The maximum atomic E-state index is 10.2. The van der Waals surface area contributed by atoms with Crippen LogP contribution < -0.4 is 0 Å². The summed E-state index contributed by atoms with van der Waals surface area (Å²) in [5, 5.41) is 10.2. The van der Waals surface area contributed by atoms with Gasteiger partial charge in [0, 0.05) is 9.75 Å². The van der Waals surface area contributed by atoms with Gasteiger partial charge < -0.3 is 5.11 Å². The highest BCUT2D eigenvalue weighted by molar-refractivity contribution is 7.12. The van der Waals surface area contributed by atoms with E-state index >= 15 is 0 Å². The summed E-state index contributed by atoms with van der Waals surface area (Å²) in [5.41, 5.74) is 2.16. The third kappa shape index (κ3) is 2.34. The molecule has 0 fully saturated rings. The molecule has 1 heterocycles. The van der Waals surface area contributed by atoms with Crippen LogP contribution in [0, 0.1) is 6.92 Å². The van der Waals surface area contributed by atoms with Crippen molar-refractivity contribution in [2.75, 3.05) is 0 Å². The maximum Gasteiger partial charge on any atom is 0.113 e. The number of hydrogen-bond donors (Lipinski definition) is 1. The molecule has 1 N–H and O–H groups in total. The van der Waals surface area contributed by atoms with Crippen molar-refractivity contribution in [1.29, 1.82) is 0 Å².